The number of rotatable bonds is 3. The van der Waals surface area contributed by atoms with Gasteiger partial charge >= 0.3 is 5.97 Å². The highest BCUT2D eigenvalue weighted by molar-refractivity contribution is 6.30. The second-order valence-electron chi connectivity index (χ2n) is 7.75. The molecule has 2 aliphatic heterocycles. The van der Waals surface area contributed by atoms with E-state index < -0.39 is 11.6 Å². The molecule has 156 valence electrons. The van der Waals surface area contributed by atoms with Crippen molar-refractivity contribution in [2.75, 3.05) is 4.90 Å². The number of esters is 1. The number of aromatic nitrogens is 2. The first kappa shape index (κ1) is 20.0. The minimum absolute atomic E-state index is 0.0347. The number of carbonyl (C=O) groups excluding carboxylic acids is 2. The summed E-state index contributed by atoms with van der Waals surface area (Å²) in [6.07, 6.45) is 5.00. The van der Waals surface area contributed by atoms with E-state index in [1.807, 2.05) is 30.3 Å². The van der Waals surface area contributed by atoms with Crippen LogP contribution < -0.4 is 4.90 Å². The van der Waals surface area contributed by atoms with Crippen LogP contribution in [0.4, 0.5) is 5.82 Å². The number of piperidine rings is 1. The number of hydrogen-bond donors (Lipinski definition) is 0. The van der Waals surface area contributed by atoms with Gasteiger partial charge in [-0.3, -0.25) is 19.5 Å². The van der Waals surface area contributed by atoms with Gasteiger partial charge in [0.2, 0.25) is 5.60 Å². The summed E-state index contributed by atoms with van der Waals surface area (Å²) < 4.78 is 5.48. The van der Waals surface area contributed by atoms with Crippen molar-refractivity contribution in [3.8, 4) is 0 Å². The second-order valence-corrected chi connectivity index (χ2v) is 8.62. The van der Waals surface area contributed by atoms with Crippen LogP contribution in [0.5, 0.6) is 0 Å². The Morgan fingerprint density at radius 1 is 1.00 bits per heavy atom. The van der Waals surface area contributed by atoms with Crippen LogP contribution in [0.3, 0.4) is 0 Å². The Morgan fingerprint density at radius 2 is 1.77 bits per heavy atom. The van der Waals surface area contributed by atoms with Crippen LogP contribution in [0.25, 0.3) is 0 Å². The molecule has 8 heteroatoms. The molecule has 0 N–H and O–H groups in total. The van der Waals surface area contributed by atoms with Gasteiger partial charge in [-0.05, 0) is 35.4 Å². The van der Waals surface area contributed by atoms with Crippen molar-refractivity contribution in [2.24, 2.45) is 0 Å². The van der Waals surface area contributed by atoms with Gasteiger partial charge in [0.1, 0.15) is 0 Å². The Labute approximate surface area is 188 Å². The van der Waals surface area contributed by atoms with E-state index in [0.717, 1.165) is 11.1 Å². The van der Waals surface area contributed by atoms with E-state index in [0.29, 0.717) is 22.3 Å². The Balaban J connectivity index is 1.70. The molecule has 0 aliphatic carbocycles. The molecule has 2 saturated heterocycles. The molecule has 3 aromatic rings. The van der Waals surface area contributed by atoms with Gasteiger partial charge in [-0.1, -0.05) is 47.5 Å². The zero-order valence-electron chi connectivity index (χ0n) is 16.2. The fourth-order valence-electron chi connectivity index (χ4n) is 4.50. The molecule has 2 fully saturated rings. The molecule has 1 aromatic heterocycles. The molecule has 6 nitrogen and oxygen atoms in total. The molecule has 0 bridgehead atoms. The third kappa shape index (κ3) is 3.46. The van der Waals surface area contributed by atoms with Gasteiger partial charge in [0.25, 0.3) is 5.91 Å². The van der Waals surface area contributed by atoms with E-state index in [1.54, 1.807) is 29.3 Å². The molecular formula is C23H17Cl2N3O3. The molecule has 2 aromatic carbocycles. The summed E-state index contributed by atoms with van der Waals surface area (Å²) in [5.41, 5.74) is 0.606. The Morgan fingerprint density at radius 3 is 2.42 bits per heavy atom. The van der Waals surface area contributed by atoms with Crippen molar-refractivity contribution in [3.63, 3.8) is 0 Å². The summed E-state index contributed by atoms with van der Waals surface area (Å²) in [6.45, 7) is 0. The lowest BCUT2D eigenvalue weighted by Crippen LogP contribution is -2.65. The maximum Gasteiger partial charge on any atom is 0.311 e. The van der Waals surface area contributed by atoms with Gasteiger partial charge < -0.3 is 4.74 Å². The lowest BCUT2D eigenvalue weighted by atomic mass is 9.71. The van der Waals surface area contributed by atoms with Crippen molar-refractivity contribution in [1.82, 2.24) is 9.97 Å². The van der Waals surface area contributed by atoms with Crippen LogP contribution in [0.2, 0.25) is 10.0 Å². The Kier molecular flexibility index (Phi) is 4.91. The zero-order chi connectivity index (χ0) is 21.6. The highest BCUT2D eigenvalue weighted by Crippen LogP contribution is 2.52. The smallest absolute Gasteiger partial charge is 0.311 e. The summed E-state index contributed by atoms with van der Waals surface area (Å²) >= 11 is 12.4. The van der Waals surface area contributed by atoms with Gasteiger partial charge in [-0.25, -0.2) is 4.98 Å². The number of benzene rings is 2. The van der Waals surface area contributed by atoms with Gasteiger partial charge in [-0.2, -0.15) is 0 Å². The third-order valence-corrected chi connectivity index (χ3v) is 6.33. The number of amides is 1. The Hall–Kier alpha value is -2.96. The van der Waals surface area contributed by atoms with Gasteiger partial charge in [0.15, 0.2) is 5.82 Å². The highest BCUT2D eigenvalue weighted by Gasteiger charge is 2.61. The molecule has 1 amide bonds. The van der Waals surface area contributed by atoms with Crippen molar-refractivity contribution in [2.45, 2.75) is 30.4 Å². The van der Waals surface area contributed by atoms with Crippen LogP contribution in [0.1, 0.15) is 35.9 Å². The molecular weight excluding hydrogens is 437 g/mol. The minimum Gasteiger partial charge on any atom is -0.448 e. The summed E-state index contributed by atoms with van der Waals surface area (Å²) in [7, 11) is 0. The lowest BCUT2D eigenvalue weighted by Gasteiger charge is -2.52. The third-order valence-electron chi connectivity index (χ3n) is 5.84. The van der Waals surface area contributed by atoms with Crippen LogP contribution in [0.15, 0.2) is 67.1 Å². The predicted molar refractivity (Wildman–Crippen MR) is 116 cm³/mol. The standard InChI is InChI=1S/C23H17Cl2N3O3/c24-16-6-4-14(5-7-16)21-18(15-2-1-3-17(25)10-15)11-23(12-20(29)31-23)22(30)28(21)19-13-26-8-9-27-19/h1-10,13,18,21H,11-12H2. The first-order valence-electron chi connectivity index (χ1n) is 9.79. The van der Waals surface area contributed by atoms with E-state index in [1.165, 1.54) is 12.4 Å². The highest BCUT2D eigenvalue weighted by atomic mass is 35.5. The fraction of sp³-hybridized carbons (Fsp3) is 0.217. The maximum absolute atomic E-state index is 13.7. The minimum atomic E-state index is -1.22. The maximum atomic E-state index is 13.7. The second kappa shape index (κ2) is 7.62. The molecule has 3 heterocycles. The summed E-state index contributed by atoms with van der Waals surface area (Å²) in [6, 6.07) is 14.5. The Bertz CT molecular complexity index is 1150. The zero-order valence-corrected chi connectivity index (χ0v) is 17.8. The number of carbonyl (C=O) groups is 2. The largest absolute Gasteiger partial charge is 0.448 e. The lowest BCUT2D eigenvalue weighted by molar-refractivity contribution is -0.199. The molecule has 5 rings (SSSR count). The monoisotopic (exact) mass is 453 g/mol. The number of anilines is 1. The van der Waals surface area contributed by atoms with Crippen molar-refractivity contribution >= 4 is 40.9 Å². The fourth-order valence-corrected chi connectivity index (χ4v) is 4.82. The van der Waals surface area contributed by atoms with E-state index in [4.69, 9.17) is 27.9 Å². The van der Waals surface area contributed by atoms with Crippen molar-refractivity contribution in [3.05, 3.63) is 88.3 Å². The van der Waals surface area contributed by atoms with E-state index in [-0.39, 0.29) is 24.2 Å². The normalized spacial score (nSPS) is 25.3. The van der Waals surface area contributed by atoms with E-state index in [2.05, 4.69) is 9.97 Å². The average Bonchev–Trinajstić information content (AvgIpc) is 2.75. The van der Waals surface area contributed by atoms with Gasteiger partial charge in [-0.15, -0.1) is 0 Å². The number of nitrogens with zero attached hydrogens (tertiary/aromatic N) is 3. The summed E-state index contributed by atoms with van der Waals surface area (Å²) in [4.78, 5) is 35.6. The number of hydrogen-bond acceptors (Lipinski definition) is 5. The first-order valence-corrected chi connectivity index (χ1v) is 10.5. The molecule has 3 unspecified atom stereocenters. The van der Waals surface area contributed by atoms with Crippen molar-refractivity contribution in [1.29, 1.82) is 0 Å². The quantitative estimate of drug-likeness (QED) is 0.535. The molecule has 31 heavy (non-hydrogen) atoms. The van der Waals surface area contributed by atoms with Gasteiger partial charge in [0.05, 0.1) is 18.7 Å². The number of ether oxygens (including phenoxy) is 1. The predicted octanol–water partition coefficient (Wildman–Crippen LogP) is 4.73. The average molecular weight is 454 g/mol. The van der Waals surface area contributed by atoms with E-state index >= 15 is 0 Å². The van der Waals surface area contributed by atoms with Crippen LogP contribution >= 0.6 is 23.2 Å². The molecule has 0 saturated carbocycles. The van der Waals surface area contributed by atoms with E-state index in [9.17, 15) is 9.59 Å². The summed E-state index contributed by atoms with van der Waals surface area (Å²) in [5.74, 6) is -0.498. The topological polar surface area (TPSA) is 72.4 Å². The SMILES string of the molecule is O=C1CC2(CC(c3cccc(Cl)c3)C(c3ccc(Cl)cc3)N(c3cnccn3)C2=O)O1. The first-order chi connectivity index (χ1) is 15.0. The summed E-state index contributed by atoms with van der Waals surface area (Å²) in [5, 5.41) is 1.19. The molecule has 3 atom stereocenters. The number of halogens is 2. The van der Waals surface area contributed by atoms with Gasteiger partial charge in [0, 0.05) is 34.8 Å². The van der Waals surface area contributed by atoms with Crippen molar-refractivity contribution < 1.29 is 14.3 Å². The molecule has 0 radical (unpaired) electrons. The molecule has 2 aliphatic rings. The van der Waals surface area contributed by atoms with Crippen LogP contribution in [0, 0.1) is 0 Å². The van der Waals surface area contributed by atoms with Crippen LogP contribution in [-0.4, -0.2) is 27.4 Å². The van der Waals surface area contributed by atoms with Crippen LogP contribution in [-0.2, 0) is 14.3 Å². The molecule has 1 spiro atoms.